The Hall–Kier alpha value is -1.94. The van der Waals surface area contributed by atoms with Crippen molar-refractivity contribution in [3.8, 4) is 0 Å². The lowest BCUT2D eigenvalue weighted by molar-refractivity contribution is 0.627. The van der Waals surface area contributed by atoms with Crippen LogP contribution >= 0.6 is 12.2 Å². The second-order valence-electron chi connectivity index (χ2n) is 4.40. The van der Waals surface area contributed by atoms with Crippen LogP contribution in [-0.4, -0.2) is 4.99 Å². The van der Waals surface area contributed by atoms with Gasteiger partial charge in [0.05, 0.1) is 0 Å². The highest BCUT2D eigenvalue weighted by Gasteiger charge is 2.06. The van der Waals surface area contributed by atoms with Gasteiger partial charge in [-0.3, -0.25) is 0 Å². The Labute approximate surface area is 117 Å². The van der Waals surface area contributed by atoms with Crippen molar-refractivity contribution in [1.29, 1.82) is 0 Å². The molecule has 2 aromatic rings. The summed E-state index contributed by atoms with van der Waals surface area (Å²) in [5, 5.41) is 3.23. The lowest BCUT2D eigenvalue weighted by Crippen LogP contribution is -2.13. The zero-order valence-corrected chi connectivity index (χ0v) is 11.4. The van der Waals surface area contributed by atoms with Crippen molar-refractivity contribution < 1.29 is 4.39 Å². The molecule has 0 spiro atoms. The van der Waals surface area contributed by atoms with E-state index >= 15 is 0 Å². The van der Waals surface area contributed by atoms with Gasteiger partial charge in [0.15, 0.2) is 0 Å². The summed E-state index contributed by atoms with van der Waals surface area (Å²) < 4.78 is 13.2. The molecule has 0 aliphatic heterocycles. The number of thiocarbonyl (C=S) groups is 1. The predicted molar refractivity (Wildman–Crippen MR) is 80.8 cm³/mol. The van der Waals surface area contributed by atoms with E-state index in [0.717, 1.165) is 11.3 Å². The summed E-state index contributed by atoms with van der Waals surface area (Å²) in [6.45, 7) is 2.69. The van der Waals surface area contributed by atoms with Gasteiger partial charge in [-0.25, -0.2) is 4.39 Å². The predicted octanol–water partition coefficient (Wildman–Crippen LogP) is 3.38. The first kappa shape index (κ1) is 13.5. The van der Waals surface area contributed by atoms with Crippen molar-refractivity contribution >= 4 is 22.9 Å². The monoisotopic (exact) mass is 274 g/mol. The zero-order valence-electron chi connectivity index (χ0n) is 10.6. The van der Waals surface area contributed by atoms with E-state index < -0.39 is 0 Å². The molecule has 0 saturated carbocycles. The van der Waals surface area contributed by atoms with Gasteiger partial charge in [-0.1, -0.05) is 42.0 Å². The molecule has 98 valence electrons. The Morgan fingerprint density at radius 1 is 1.26 bits per heavy atom. The smallest absolute Gasteiger partial charge is 0.124 e. The van der Waals surface area contributed by atoms with E-state index in [9.17, 15) is 4.39 Å². The second kappa shape index (κ2) is 5.80. The fourth-order valence-corrected chi connectivity index (χ4v) is 2.06. The molecule has 0 heterocycles. The fourth-order valence-electron chi connectivity index (χ4n) is 1.89. The number of anilines is 1. The molecule has 0 bridgehead atoms. The summed E-state index contributed by atoms with van der Waals surface area (Å²) >= 11 is 4.93. The average Bonchev–Trinajstić information content (AvgIpc) is 2.37. The van der Waals surface area contributed by atoms with Crippen LogP contribution in [0.2, 0.25) is 0 Å². The Bertz CT molecular complexity index is 611. The van der Waals surface area contributed by atoms with Crippen LogP contribution in [0.15, 0.2) is 42.5 Å². The number of hydrogen-bond acceptors (Lipinski definition) is 2. The third-order valence-corrected chi connectivity index (χ3v) is 3.03. The van der Waals surface area contributed by atoms with Crippen LogP contribution in [0, 0.1) is 12.7 Å². The molecular weight excluding hydrogens is 259 g/mol. The summed E-state index contributed by atoms with van der Waals surface area (Å²) in [7, 11) is 0. The lowest BCUT2D eigenvalue weighted by atomic mass is 10.1. The average molecular weight is 274 g/mol. The molecule has 0 amide bonds. The molecule has 3 N–H and O–H groups in total. The molecule has 0 fully saturated rings. The molecule has 0 atom stereocenters. The van der Waals surface area contributed by atoms with Gasteiger partial charge >= 0.3 is 0 Å². The molecule has 2 rings (SSSR count). The number of hydrogen-bond donors (Lipinski definition) is 2. The number of halogens is 1. The van der Waals surface area contributed by atoms with Gasteiger partial charge in [0, 0.05) is 17.8 Å². The largest absolute Gasteiger partial charge is 0.389 e. The second-order valence-corrected chi connectivity index (χ2v) is 4.84. The minimum atomic E-state index is -0.344. The van der Waals surface area contributed by atoms with Gasteiger partial charge in [0.1, 0.15) is 10.8 Å². The van der Waals surface area contributed by atoms with Crippen LogP contribution in [0.4, 0.5) is 10.1 Å². The van der Waals surface area contributed by atoms with Gasteiger partial charge in [0.2, 0.25) is 0 Å². The van der Waals surface area contributed by atoms with Crippen molar-refractivity contribution in [2.24, 2.45) is 5.73 Å². The van der Waals surface area contributed by atoms with Crippen LogP contribution in [0.1, 0.15) is 16.7 Å². The van der Waals surface area contributed by atoms with Crippen LogP contribution in [0.5, 0.6) is 0 Å². The number of rotatable bonds is 4. The first-order valence-electron chi connectivity index (χ1n) is 5.95. The number of aryl methyl sites for hydroxylation is 1. The Morgan fingerprint density at radius 3 is 2.74 bits per heavy atom. The van der Waals surface area contributed by atoms with Crippen LogP contribution in [0.3, 0.4) is 0 Å². The highest BCUT2D eigenvalue weighted by Crippen LogP contribution is 2.18. The van der Waals surface area contributed by atoms with E-state index in [1.165, 1.54) is 17.7 Å². The number of nitrogens with two attached hydrogens (primary N) is 1. The first-order valence-corrected chi connectivity index (χ1v) is 6.36. The van der Waals surface area contributed by atoms with Gasteiger partial charge in [0.25, 0.3) is 0 Å². The molecule has 0 radical (unpaired) electrons. The maximum absolute atomic E-state index is 13.2. The van der Waals surface area contributed by atoms with Crippen LogP contribution in [-0.2, 0) is 6.54 Å². The topological polar surface area (TPSA) is 38.0 Å². The van der Waals surface area contributed by atoms with Crippen LogP contribution in [0.25, 0.3) is 0 Å². The summed E-state index contributed by atoms with van der Waals surface area (Å²) in [6.07, 6.45) is 0. The van der Waals surface area contributed by atoms with E-state index in [1.54, 1.807) is 6.07 Å². The summed E-state index contributed by atoms with van der Waals surface area (Å²) in [5.74, 6) is -0.344. The molecule has 0 aliphatic rings. The molecule has 2 nitrogen and oxygen atoms in total. The van der Waals surface area contributed by atoms with E-state index in [4.69, 9.17) is 18.0 Å². The van der Waals surface area contributed by atoms with E-state index in [0.29, 0.717) is 12.1 Å². The highest BCUT2D eigenvalue weighted by atomic mass is 32.1. The highest BCUT2D eigenvalue weighted by molar-refractivity contribution is 7.80. The van der Waals surface area contributed by atoms with Gasteiger partial charge in [-0.15, -0.1) is 0 Å². The third kappa shape index (κ3) is 3.51. The van der Waals surface area contributed by atoms with Crippen molar-refractivity contribution in [1.82, 2.24) is 0 Å². The van der Waals surface area contributed by atoms with Gasteiger partial charge in [-0.05, 0) is 30.7 Å². The minimum absolute atomic E-state index is 0.186. The standard InChI is InChI=1S/C15H15FN2S/c1-10-3-2-4-11(7-10)9-18-14-6-5-12(16)8-13(14)15(17)19/h2-8,18H,9H2,1H3,(H2,17,19). The molecule has 0 aliphatic carbocycles. The first-order chi connectivity index (χ1) is 9.06. The normalized spacial score (nSPS) is 10.2. The molecule has 0 unspecified atom stereocenters. The van der Waals surface area contributed by atoms with E-state index in [2.05, 4.69) is 11.4 Å². The fraction of sp³-hybridized carbons (Fsp3) is 0.133. The quantitative estimate of drug-likeness (QED) is 0.839. The van der Waals surface area contributed by atoms with Crippen molar-refractivity contribution in [3.05, 3.63) is 65.0 Å². The molecule has 0 saturated heterocycles. The Balaban J connectivity index is 2.17. The van der Waals surface area contributed by atoms with Crippen LogP contribution < -0.4 is 11.1 Å². The van der Waals surface area contributed by atoms with E-state index in [1.807, 2.05) is 25.1 Å². The van der Waals surface area contributed by atoms with Gasteiger partial charge < -0.3 is 11.1 Å². The molecule has 0 aromatic heterocycles. The van der Waals surface area contributed by atoms with Crippen molar-refractivity contribution in [2.45, 2.75) is 13.5 Å². The summed E-state index contributed by atoms with van der Waals surface area (Å²) in [5.41, 5.74) is 9.23. The molecular formula is C15H15FN2S. The molecule has 2 aromatic carbocycles. The minimum Gasteiger partial charge on any atom is -0.389 e. The number of benzene rings is 2. The molecule has 4 heteroatoms. The Kier molecular flexibility index (Phi) is 4.12. The maximum Gasteiger partial charge on any atom is 0.124 e. The third-order valence-electron chi connectivity index (χ3n) is 2.81. The maximum atomic E-state index is 13.2. The van der Waals surface area contributed by atoms with Crippen molar-refractivity contribution in [2.75, 3.05) is 5.32 Å². The summed E-state index contributed by atoms with van der Waals surface area (Å²) in [4.78, 5) is 0.186. The zero-order chi connectivity index (χ0) is 13.8. The summed E-state index contributed by atoms with van der Waals surface area (Å²) in [6, 6.07) is 12.6. The van der Waals surface area contributed by atoms with Crippen molar-refractivity contribution in [3.63, 3.8) is 0 Å². The van der Waals surface area contributed by atoms with E-state index in [-0.39, 0.29) is 10.8 Å². The Morgan fingerprint density at radius 2 is 2.05 bits per heavy atom. The lowest BCUT2D eigenvalue weighted by Gasteiger charge is -2.11. The SMILES string of the molecule is Cc1cccc(CNc2ccc(F)cc2C(N)=S)c1. The van der Waals surface area contributed by atoms with Gasteiger partial charge in [-0.2, -0.15) is 0 Å². The molecule has 19 heavy (non-hydrogen) atoms. The number of nitrogens with one attached hydrogen (secondary N) is 1.